The summed E-state index contributed by atoms with van der Waals surface area (Å²) in [5.41, 5.74) is -12.6. The van der Waals surface area contributed by atoms with Crippen LogP contribution in [0.2, 0.25) is 0 Å². The fraction of sp³-hybridized carbons (Fsp3) is 0.125. The van der Waals surface area contributed by atoms with Gasteiger partial charge >= 0.3 is 18.5 Å². The number of halogens is 15. The predicted molar refractivity (Wildman–Crippen MR) is 111 cm³/mol. The van der Waals surface area contributed by atoms with Crippen molar-refractivity contribution in [2.24, 2.45) is 0 Å². The van der Waals surface area contributed by atoms with Crippen LogP contribution in [0.25, 0.3) is 49.4 Å². The van der Waals surface area contributed by atoms with Gasteiger partial charge in [-0.25, -0.2) is 26.3 Å². The lowest BCUT2D eigenvalue weighted by molar-refractivity contribution is -0.0695. The zero-order valence-electron chi connectivity index (χ0n) is 19.4. The molecule has 0 fully saturated rings. The van der Waals surface area contributed by atoms with Crippen LogP contribution in [0.5, 0.6) is 0 Å². The number of fused-ring (bicyclic) bond motifs is 5. The molecule has 0 aliphatic rings. The molecule has 43 heavy (non-hydrogen) atoms. The normalized spacial score (nSPS) is 15.0. The zero-order valence-corrected chi connectivity index (χ0v) is 19.4. The highest BCUT2D eigenvalue weighted by atomic mass is 19.4. The maximum atomic E-state index is 15.6. The van der Waals surface area contributed by atoms with Crippen molar-refractivity contribution in [1.82, 2.24) is 0 Å². The molecule has 222 valence electrons. The third-order valence-electron chi connectivity index (χ3n) is 5.94. The van der Waals surface area contributed by atoms with Gasteiger partial charge in [-0.05, 0) is 0 Å². The minimum atomic E-state index is -5.97. The Morgan fingerprint density at radius 3 is 0.884 bits per heavy atom. The Labute approximate surface area is 223 Å². The summed E-state index contributed by atoms with van der Waals surface area (Å²) in [5, 5.41) is 10.8. The Morgan fingerprint density at radius 2 is 0.651 bits per heavy atom. The van der Waals surface area contributed by atoms with Gasteiger partial charge in [-0.3, -0.25) is 0 Å². The van der Waals surface area contributed by atoms with Crippen LogP contribution in [-0.4, -0.2) is 18.5 Å². The maximum Gasteiger partial charge on any atom is 0.427 e. The van der Waals surface area contributed by atoms with Gasteiger partial charge in [-0.2, -0.15) is 55.3 Å². The molecule has 0 atom stereocenters. The molecule has 0 saturated heterocycles. The molecule has 0 amide bonds. The summed E-state index contributed by atoms with van der Waals surface area (Å²) < 4.78 is 218. The van der Waals surface area contributed by atoms with Crippen LogP contribution in [0.1, 0.15) is 0 Å². The molecule has 0 aliphatic heterocycles. The minimum absolute atomic E-state index is 0.323. The Bertz CT molecular complexity index is 2100. The zero-order chi connectivity index (χ0) is 32.7. The molecule has 0 saturated carbocycles. The van der Waals surface area contributed by atoms with E-state index in [2.05, 4.69) is 4.42 Å². The highest BCUT2D eigenvalue weighted by molar-refractivity contribution is 6.17. The van der Waals surface area contributed by atoms with Gasteiger partial charge in [-0.1, -0.05) is 0 Å². The topological polar surface area (TPSA) is 84.5 Å². The van der Waals surface area contributed by atoms with Crippen molar-refractivity contribution in [3.63, 3.8) is 0 Å². The molecule has 0 spiro atoms. The lowest BCUT2D eigenvalue weighted by Gasteiger charge is -2.02. The van der Waals surface area contributed by atoms with Crippen LogP contribution in [0, 0.1) is 68.9 Å². The SMILES string of the molecule is N#C/C(=c1/c(F)c2oc3c(F)/c(=C(\C#N)C(F)(F)F)c(F)c3c3c(F)/c(=C(\C#N)C(F)(F)F)c(F)c3c2c1F)C(F)(F)F. The van der Waals surface area contributed by atoms with Crippen LogP contribution in [0.3, 0.4) is 0 Å². The average molecular weight is 631 g/mol. The Kier molecular flexibility index (Phi) is 6.78. The first kappa shape index (κ1) is 30.8. The number of nitriles is 3. The van der Waals surface area contributed by atoms with Crippen molar-refractivity contribution in [1.29, 1.82) is 15.8 Å². The number of rotatable bonds is 0. The molecule has 4 rings (SSSR count). The van der Waals surface area contributed by atoms with Crippen molar-refractivity contribution in [2.45, 2.75) is 18.5 Å². The Balaban J connectivity index is 2.68. The molecule has 3 aromatic carbocycles. The third kappa shape index (κ3) is 4.24. The van der Waals surface area contributed by atoms with E-state index in [9.17, 15) is 39.5 Å². The van der Waals surface area contributed by atoms with Gasteiger partial charge in [0.15, 0.2) is 22.8 Å². The van der Waals surface area contributed by atoms with E-state index in [1.54, 1.807) is 0 Å². The molecular formula is C24F15N3O. The number of alkyl halides is 9. The van der Waals surface area contributed by atoms with Gasteiger partial charge in [0, 0.05) is 10.8 Å². The summed E-state index contributed by atoms with van der Waals surface area (Å²) in [6, 6.07) is 1.01. The molecule has 0 N–H and O–H groups in total. The van der Waals surface area contributed by atoms with E-state index in [-0.39, 0.29) is 0 Å². The first-order valence-electron chi connectivity index (χ1n) is 10.4. The first-order chi connectivity index (χ1) is 19.7. The molecule has 1 aromatic heterocycles. The van der Waals surface area contributed by atoms with E-state index in [0.29, 0.717) is 18.2 Å². The van der Waals surface area contributed by atoms with Crippen molar-refractivity contribution >= 4 is 49.4 Å². The minimum Gasteiger partial charge on any atom is -0.450 e. The quantitative estimate of drug-likeness (QED) is 0.223. The van der Waals surface area contributed by atoms with E-state index in [4.69, 9.17) is 15.8 Å². The number of hydrogen-bond donors (Lipinski definition) is 0. The Hall–Kier alpha value is -5.12. The van der Waals surface area contributed by atoms with E-state index >= 15 is 26.3 Å². The van der Waals surface area contributed by atoms with E-state index < -0.39 is 119 Å². The second-order valence-corrected chi connectivity index (χ2v) is 8.22. The molecule has 0 radical (unpaired) electrons. The van der Waals surface area contributed by atoms with Crippen LogP contribution >= 0.6 is 0 Å². The summed E-state index contributed by atoms with van der Waals surface area (Å²) in [4.78, 5) is 0. The fourth-order valence-corrected chi connectivity index (χ4v) is 4.31. The van der Waals surface area contributed by atoms with Gasteiger partial charge in [-0.15, -0.1) is 0 Å². The molecule has 4 nitrogen and oxygen atoms in total. The molecular weight excluding hydrogens is 631 g/mol. The fourth-order valence-electron chi connectivity index (χ4n) is 4.31. The summed E-state index contributed by atoms with van der Waals surface area (Å²) in [6.45, 7) is 0. The number of hydrogen-bond acceptors (Lipinski definition) is 4. The van der Waals surface area contributed by atoms with Gasteiger partial charge in [0.1, 0.15) is 58.2 Å². The second-order valence-electron chi connectivity index (χ2n) is 8.22. The van der Waals surface area contributed by atoms with Crippen molar-refractivity contribution in [3.05, 3.63) is 50.6 Å². The standard InChI is InChI=1S/C24F15N3O/c25-14-7(4(1-40)22(31,32)33)15(26)11-10(14)12-16(27)8(5(2-41)23(34,35)36)18(29)20(12)43-21-13(11)17(28)9(19(21)30)6(3-42)24(37,38)39/b7-4-,8-5+,9-6-. The number of nitrogens with zero attached hydrogens (tertiary/aromatic N) is 3. The lowest BCUT2D eigenvalue weighted by atomic mass is 10.1. The second kappa shape index (κ2) is 9.45. The summed E-state index contributed by atoms with van der Waals surface area (Å²) in [6.07, 6.45) is -17.8. The smallest absolute Gasteiger partial charge is 0.427 e. The van der Waals surface area contributed by atoms with Gasteiger partial charge in [0.2, 0.25) is 0 Å². The van der Waals surface area contributed by atoms with E-state index in [1.165, 1.54) is 0 Å². The average Bonchev–Trinajstić information content (AvgIpc) is 3.27. The molecule has 19 heteroatoms. The van der Waals surface area contributed by atoms with Crippen LogP contribution in [0.4, 0.5) is 65.9 Å². The van der Waals surface area contributed by atoms with Gasteiger partial charge < -0.3 is 4.42 Å². The first-order valence-corrected chi connectivity index (χ1v) is 10.4. The predicted octanol–water partition coefficient (Wildman–Crippen LogP) is 6.00. The molecule has 4 aromatic rings. The largest absolute Gasteiger partial charge is 0.450 e. The maximum absolute atomic E-state index is 15.6. The summed E-state index contributed by atoms with van der Waals surface area (Å²) in [5.74, 6) is -16.2. The van der Waals surface area contributed by atoms with Gasteiger partial charge in [0.25, 0.3) is 0 Å². The summed E-state index contributed by atoms with van der Waals surface area (Å²) in [7, 11) is 0. The lowest BCUT2D eigenvalue weighted by Crippen LogP contribution is -2.22. The monoisotopic (exact) mass is 631 g/mol. The third-order valence-corrected chi connectivity index (χ3v) is 5.94. The van der Waals surface area contributed by atoms with Crippen molar-refractivity contribution < 1.29 is 70.3 Å². The van der Waals surface area contributed by atoms with E-state index in [0.717, 1.165) is 0 Å². The molecule has 1 heterocycles. The molecule has 0 unspecified atom stereocenters. The van der Waals surface area contributed by atoms with Crippen molar-refractivity contribution in [2.75, 3.05) is 0 Å². The molecule has 0 bridgehead atoms. The van der Waals surface area contributed by atoms with E-state index in [1.807, 2.05) is 0 Å². The van der Waals surface area contributed by atoms with Crippen LogP contribution < -0.4 is 15.7 Å². The van der Waals surface area contributed by atoms with Crippen molar-refractivity contribution in [3.8, 4) is 18.2 Å². The van der Waals surface area contributed by atoms with Crippen LogP contribution in [-0.2, 0) is 0 Å². The highest BCUT2D eigenvalue weighted by Crippen LogP contribution is 2.40. The Morgan fingerprint density at radius 1 is 0.419 bits per heavy atom. The van der Waals surface area contributed by atoms with Gasteiger partial charge in [0.05, 0.1) is 26.4 Å². The highest BCUT2D eigenvalue weighted by Gasteiger charge is 2.42. The van der Waals surface area contributed by atoms with Crippen LogP contribution in [0.15, 0.2) is 4.42 Å². The molecule has 0 aliphatic carbocycles. The summed E-state index contributed by atoms with van der Waals surface area (Å²) >= 11 is 0.